The first-order valence-electron chi connectivity index (χ1n) is 4.31. The quantitative estimate of drug-likeness (QED) is 0.769. The molecular formula is C9H15N3O. The second kappa shape index (κ2) is 3.60. The summed E-state index contributed by atoms with van der Waals surface area (Å²) in [4.78, 5) is 7.73. The fourth-order valence-electron chi connectivity index (χ4n) is 0.769. The van der Waals surface area contributed by atoms with E-state index >= 15 is 0 Å². The minimum atomic E-state index is -0.208. The van der Waals surface area contributed by atoms with Gasteiger partial charge in [-0.3, -0.25) is 0 Å². The first-order chi connectivity index (χ1) is 6.03. The second-order valence-corrected chi connectivity index (χ2v) is 3.47. The van der Waals surface area contributed by atoms with E-state index in [1.807, 2.05) is 13.8 Å². The number of hydrogen-bond acceptors (Lipinski definition) is 4. The molecule has 13 heavy (non-hydrogen) atoms. The largest absolute Gasteiger partial charge is 0.472 e. The number of anilines is 1. The minimum Gasteiger partial charge on any atom is -0.472 e. The molecule has 0 fully saturated rings. The third-order valence-corrected chi connectivity index (χ3v) is 1.88. The van der Waals surface area contributed by atoms with Gasteiger partial charge in [0.05, 0.1) is 0 Å². The van der Waals surface area contributed by atoms with E-state index in [1.54, 1.807) is 12.3 Å². The van der Waals surface area contributed by atoms with Gasteiger partial charge in [-0.25, -0.2) is 4.98 Å². The van der Waals surface area contributed by atoms with Crippen molar-refractivity contribution in [3.05, 3.63) is 12.3 Å². The second-order valence-electron chi connectivity index (χ2n) is 3.47. The number of hydrogen-bond donors (Lipinski definition) is 1. The summed E-state index contributed by atoms with van der Waals surface area (Å²) in [7, 11) is 0. The van der Waals surface area contributed by atoms with Crippen molar-refractivity contribution in [3.8, 4) is 5.88 Å². The summed E-state index contributed by atoms with van der Waals surface area (Å²) in [6, 6.07) is 1.70. The van der Waals surface area contributed by atoms with Crippen molar-refractivity contribution in [2.24, 2.45) is 0 Å². The van der Waals surface area contributed by atoms with E-state index in [1.165, 1.54) is 0 Å². The molecule has 72 valence electrons. The van der Waals surface area contributed by atoms with Gasteiger partial charge in [-0.1, -0.05) is 6.92 Å². The van der Waals surface area contributed by atoms with Crippen LogP contribution in [0.5, 0.6) is 5.88 Å². The molecule has 2 N–H and O–H groups in total. The number of aromatic nitrogens is 2. The lowest BCUT2D eigenvalue weighted by Gasteiger charge is -2.23. The van der Waals surface area contributed by atoms with Gasteiger partial charge in [-0.15, -0.1) is 0 Å². The average molecular weight is 181 g/mol. The molecule has 0 saturated heterocycles. The Kier molecular flexibility index (Phi) is 2.70. The van der Waals surface area contributed by atoms with Gasteiger partial charge in [-0.2, -0.15) is 4.98 Å². The minimum absolute atomic E-state index is 0.208. The van der Waals surface area contributed by atoms with Crippen molar-refractivity contribution < 1.29 is 4.74 Å². The van der Waals surface area contributed by atoms with Crippen LogP contribution < -0.4 is 10.5 Å². The lowest BCUT2D eigenvalue weighted by Crippen LogP contribution is -2.27. The van der Waals surface area contributed by atoms with Crippen LogP contribution >= 0.6 is 0 Å². The van der Waals surface area contributed by atoms with E-state index in [0.29, 0.717) is 5.88 Å². The number of nitrogens with zero attached hydrogens (tertiary/aromatic N) is 2. The Bertz CT molecular complexity index is 286. The molecule has 4 heteroatoms. The monoisotopic (exact) mass is 181 g/mol. The van der Waals surface area contributed by atoms with Crippen LogP contribution in [0.3, 0.4) is 0 Å². The Morgan fingerprint density at radius 2 is 2.23 bits per heavy atom. The molecule has 0 amide bonds. The summed E-state index contributed by atoms with van der Waals surface area (Å²) < 4.78 is 5.60. The van der Waals surface area contributed by atoms with Crippen LogP contribution in [0.4, 0.5) is 5.95 Å². The van der Waals surface area contributed by atoms with Gasteiger partial charge >= 0.3 is 0 Å². The Hall–Kier alpha value is -1.32. The number of ether oxygens (including phenoxy) is 1. The molecular weight excluding hydrogens is 166 g/mol. The highest BCUT2D eigenvalue weighted by Crippen LogP contribution is 2.18. The Morgan fingerprint density at radius 1 is 1.54 bits per heavy atom. The van der Waals surface area contributed by atoms with Crippen molar-refractivity contribution in [2.75, 3.05) is 5.73 Å². The molecule has 4 nitrogen and oxygen atoms in total. The molecule has 1 aromatic heterocycles. The molecule has 0 atom stereocenters. The molecule has 1 rings (SSSR count). The van der Waals surface area contributed by atoms with Gasteiger partial charge < -0.3 is 10.5 Å². The maximum absolute atomic E-state index is 5.60. The summed E-state index contributed by atoms with van der Waals surface area (Å²) in [6.45, 7) is 6.07. The topological polar surface area (TPSA) is 61.0 Å². The van der Waals surface area contributed by atoms with Crippen LogP contribution in [-0.4, -0.2) is 15.6 Å². The van der Waals surface area contributed by atoms with Gasteiger partial charge in [0.25, 0.3) is 0 Å². The van der Waals surface area contributed by atoms with Gasteiger partial charge in [0.2, 0.25) is 11.8 Å². The van der Waals surface area contributed by atoms with Crippen molar-refractivity contribution in [2.45, 2.75) is 32.8 Å². The molecule has 0 unspecified atom stereocenters. The highest BCUT2D eigenvalue weighted by Gasteiger charge is 2.17. The molecule has 0 saturated carbocycles. The van der Waals surface area contributed by atoms with Gasteiger partial charge in [0.15, 0.2) is 0 Å². The fraction of sp³-hybridized carbons (Fsp3) is 0.556. The van der Waals surface area contributed by atoms with Crippen molar-refractivity contribution >= 4 is 5.95 Å². The van der Waals surface area contributed by atoms with E-state index < -0.39 is 0 Å². The molecule has 1 heterocycles. The predicted octanol–water partition coefficient (Wildman–Crippen LogP) is 1.63. The van der Waals surface area contributed by atoms with E-state index in [0.717, 1.165) is 6.42 Å². The molecule has 1 aromatic rings. The normalized spacial score (nSPS) is 11.3. The van der Waals surface area contributed by atoms with Crippen LogP contribution in [0.2, 0.25) is 0 Å². The molecule has 0 spiro atoms. The lowest BCUT2D eigenvalue weighted by atomic mass is 10.1. The molecule has 0 bridgehead atoms. The smallest absolute Gasteiger partial charge is 0.223 e. The summed E-state index contributed by atoms with van der Waals surface area (Å²) in [5.41, 5.74) is 5.21. The number of nitrogen functional groups attached to an aromatic ring is 1. The Balaban J connectivity index is 2.74. The van der Waals surface area contributed by atoms with Gasteiger partial charge in [0.1, 0.15) is 5.60 Å². The Morgan fingerprint density at radius 3 is 2.77 bits per heavy atom. The zero-order valence-corrected chi connectivity index (χ0v) is 8.24. The highest BCUT2D eigenvalue weighted by molar-refractivity contribution is 5.21. The van der Waals surface area contributed by atoms with Gasteiger partial charge in [-0.05, 0) is 20.3 Å². The molecule has 0 radical (unpaired) electrons. The first-order valence-corrected chi connectivity index (χ1v) is 4.31. The maximum atomic E-state index is 5.60. The molecule has 0 aliphatic carbocycles. The lowest BCUT2D eigenvalue weighted by molar-refractivity contribution is 0.0991. The van der Waals surface area contributed by atoms with Crippen LogP contribution in [0, 0.1) is 0 Å². The van der Waals surface area contributed by atoms with Crippen molar-refractivity contribution in [3.63, 3.8) is 0 Å². The zero-order valence-electron chi connectivity index (χ0n) is 8.24. The summed E-state index contributed by atoms with van der Waals surface area (Å²) in [5, 5.41) is 0. The van der Waals surface area contributed by atoms with Crippen LogP contribution in [0.25, 0.3) is 0 Å². The van der Waals surface area contributed by atoms with E-state index in [2.05, 4.69) is 16.9 Å². The summed E-state index contributed by atoms with van der Waals surface area (Å²) >= 11 is 0. The number of rotatable bonds is 3. The highest BCUT2D eigenvalue weighted by atomic mass is 16.5. The van der Waals surface area contributed by atoms with E-state index in [4.69, 9.17) is 10.5 Å². The number of nitrogens with two attached hydrogens (primary N) is 1. The SMILES string of the molecule is CCC(C)(C)Oc1ccnc(N)n1. The summed E-state index contributed by atoms with van der Waals surface area (Å²) in [6.07, 6.45) is 2.50. The fourth-order valence-corrected chi connectivity index (χ4v) is 0.769. The van der Waals surface area contributed by atoms with Gasteiger partial charge in [0, 0.05) is 12.3 Å². The van der Waals surface area contributed by atoms with Crippen LogP contribution in [0.1, 0.15) is 27.2 Å². The van der Waals surface area contributed by atoms with E-state index in [-0.39, 0.29) is 11.5 Å². The average Bonchev–Trinajstić information content (AvgIpc) is 2.03. The molecule has 0 aliphatic heterocycles. The van der Waals surface area contributed by atoms with Crippen molar-refractivity contribution in [1.29, 1.82) is 0 Å². The molecule has 0 aliphatic rings. The first kappa shape index (κ1) is 9.77. The zero-order chi connectivity index (χ0) is 9.90. The predicted molar refractivity (Wildman–Crippen MR) is 51.4 cm³/mol. The van der Waals surface area contributed by atoms with E-state index in [9.17, 15) is 0 Å². The standard InChI is InChI=1S/C9H15N3O/c1-4-9(2,3)13-7-5-6-11-8(10)12-7/h5-6H,4H2,1-3H3,(H2,10,11,12). The third kappa shape index (κ3) is 2.89. The Labute approximate surface area is 78.1 Å². The van der Waals surface area contributed by atoms with Crippen LogP contribution in [-0.2, 0) is 0 Å². The summed E-state index contributed by atoms with van der Waals surface area (Å²) in [5.74, 6) is 0.767. The third-order valence-electron chi connectivity index (χ3n) is 1.88. The van der Waals surface area contributed by atoms with Crippen LogP contribution in [0.15, 0.2) is 12.3 Å². The van der Waals surface area contributed by atoms with Crippen molar-refractivity contribution in [1.82, 2.24) is 9.97 Å². The molecule has 0 aromatic carbocycles. The maximum Gasteiger partial charge on any atom is 0.223 e.